The van der Waals surface area contributed by atoms with Crippen molar-refractivity contribution >= 4 is 31.6 Å². The van der Waals surface area contributed by atoms with Crippen LogP contribution >= 0.6 is 15.9 Å². The highest BCUT2D eigenvalue weighted by Gasteiger charge is 2.19. The van der Waals surface area contributed by atoms with Gasteiger partial charge in [-0.3, -0.25) is 4.72 Å². The van der Waals surface area contributed by atoms with Crippen LogP contribution in [0.1, 0.15) is 5.56 Å². The SMILES string of the molecule is NCc1ccc(Br)c(S(=O)(=O)Nc2ccc(F)c(F)c2)c1. The number of nitrogens with one attached hydrogen (secondary N) is 1. The monoisotopic (exact) mass is 376 g/mol. The van der Waals surface area contributed by atoms with Crippen LogP contribution in [0.25, 0.3) is 0 Å². The van der Waals surface area contributed by atoms with Crippen LogP contribution in [-0.4, -0.2) is 8.42 Å². The first kappa shape index (κ1) is 15.9. The fourth-order valence-corrected chi connectivity index (χ4v) is 3.71. The third-order valence-electron chi connectivity index (χ3n) is 2.69. The molecule has 21 heavy (non-hydrogen) atoms. The van der Waals surface area contributed by atoms with Crippen molar-refractivity contribution in [2.45, 2.75) is 11.4 Å². The maximum absolute atomic E-state index is 13.1. The Morgan fingerprint density at radius 3 is 2.43 bits per heavy atom. The topological polar surface area (TPSA) is 72.2 Å². The second-order valence-corrected chi connectivity index (χ2v) is 6.71. The quantitative estimate of drug-likeness (QED) is 0.861. The number of hydrogen-bond donors (Lipinski definition) is 2. The molecule has 4 nitrogen and oxygen atoms in total. The van der Waals surface area contributed by atoms with Gasteiger partial charge in [-0.05, 0) is 45.8 Å². The Hall–Kier alpha value is -1.51. The van der Waals surface area contributed by atoms with Gasteiger partial charge in [-0.2, -0.15) is 0 Å². The van der Waals surface area contributed by atoms with Gasteiger partial charge in [-0.15, -0.1) is 0 Å². The fraction of sp³-hybridized carbons (Fsp3) is 0.0769. The van der Waals surface area contributed by atoms with E-state index in [-0.39, 0.29) is 17.1 Å². The summed E-state index contributed by atoms with van der Waals surface area (Å²) in [5.41, 5.74) is 6.04. The van der Waals surface area contributed by atoms with Crippen molar-refractivity contribution in [1.29, 1.82) is 0 Å². The summed E-state index contributed by atoms with van der Waals surface area (Å²) < 4.78 is 53.1. The Morgan fingerprint density at radius 2 is 1.81 bits per heavy atom. The lowest BCUT2D eigenvalue weighted by Gasteiger charge is -2.11. The molecule has 0 heterocycles. The average Bonchev–Trinajstić information content (AvgIpc) is 2.43. The smallest absolute Gasteiger partial charge is 0.263 e. The summed E-state index contributed by atoms with van der Waals surface area (Å²) in [5.74, 6) is -2.19. The first-order valence-corrected chi connectivity index (χ1v) is 8.07. The van der Waals surface area contributed by atoms with Gasteiger partial charge in [0.2, 0.25) is 0 Å². The van der Waals surface area contributed by atoms with E-state index in [1.165, 1.54) is 6.07 Å². The Labute approximate surface area is 129 Å². The molecule has 2 rings (SSSR count). The second-order valence-electron chi connectivity index (χ2n) is 4.20. The molecule has 2 aromatic carbocycles. The average molecular weight is 377 g/mol. The van der Waals surface area contributed by atoms with E-state index >= 15 is 0 Å². The number of hydrogen-bond acceptors (Lipinski definition) is 3. The molecule has 0 spiro atoms. The van der Waals surface area contributed by atoms with Crippen molar-refractivity contribution in [3.8, 4) is 0 Å². The van der Waals surface area contributed by atoms with Crippen LogP contribution in [0.4, 0.5) is 14.5 Å². The van der Waals surface area contributed by atoms with E-state index in [4.69, 9.17) is 5.73 Å². The number of nitrogens with two attached hydrogens (primary N) is 1. The molecular weight excluding hydrogens is 366 g/mol. The van der Waals surface area contributed by atoms with E-state index in [2.05, 4.69) is 20.7 Å². The molecule has 112 valence electrons. The van der Waals surface area contributed by atoms with Crippen molar-refractivity contribution in [2.75, 3.05) is 4.72 Å². The molecule has 0 aliphatic heterocycles. The number of halogens is 3. The van der Waals surface area contributed by atoms with Crippen LogP contribution < -0.4 is 10.5 Å². The summed E-state index contributed by atoms with van der Waals surface area (Å²) in [4.78, 5) is -0.0322. The predicted molar refractivity (Wildman–Crippen MR) is 79.2 cm³/mol. The van der Waals surface area contributed by atoms with Gasteiger partial charge in [0.25, 0.3) is 10.0 Å². The largest absolute Gasteiger partial charge is 0.326 e. The summed E-state index contributed by atoms with van der Waals surface area (Å²) in [5, 5.41) is 0. The molecule has 0 aromatic heterocycles. The van der Waals surface area contributed by atoms with Crippen molar-refractivity contribution in [1.82, 2.24) is 0 Å². The minimum Gasteiger partial charge on any atom is -0.326 e. The number of anilines is 1. The van der Waals surface area contributed by atoms with Crippen molar-refractivity contribution in [3.05, 3.63) is 58.1 Å². The zero-order valence-electron chi connectivity index (χ0n) is 10.6. The molecule has 0 fully saturated rings. The minimum absolute atomic E-state index is 0.0322. The molecule has 0 atom stereocenters. The zero-order valence-corrected chi connectivity index (χ0v) is 13.0. The normalized spacial score (nSPS) is 11.4. The lowest BCUT2D eigenvalue weighted by molar-refractivity contribution is 0.509. The second kappa shape index (κ2) is 6.08. The Balaban J connectivity index is 2.40. The number of rotatable bonds is 4. The Morgan fingerprint density at radius 1 is 1.10 bits per heavy atom. The van der Waals surface area contributed by atoms with Gasteiger partial charge >= 0.3 is 0 Å². The Bertz CT molecular complexity index is 782. The van der Waals surface area contributed by atoms with Crippen molar-refractivity contribution in [3.63, 3.8) is 0 Å². The predicted octanol–water partition coefficient (Wildman–Crippen LogP) is 2.99. The van der Waals surface area contributed by atoms with Gasteiger partial charge in [0, 0.05) is 17.1 Å². The summed E-state index contributed by atoms with van der Waals surface area (Å²) >= 11 is 3.14. The third kappa shape index (κ3) is 3.58. The van der Waals surface area contributed by atoms with Gasteiger partial charge in [-0.25, -0.2) is 17.2 Å². The zero-order chi connectivity index (χ0) is 15.6. The van der Waals surface area contributed by atoms with E-state index in [0.29, 0.717) is 10.0 Å². The summed E-state index contributed by atoms with van der Waals surface area (Å²) in [7, 11) is -3.95. The summed E-state index contributed by atoms with van der Waals surface area (Å²) in [6, 6.07) is 7.40. The van der Waals surface area contributed by atoms with Crippen molar-refractivity contribution < 1.29 is 17.2 Å². The summed E-state index contributed by atoms with van der Waals surface area (Å²) in [6.45, 7) is 0.182. The standard InChI is InChI=1S/C13H11BrF2N2O2S/c14-10-3-1-8(7-17)5-13(10)21(19,20)18-9-2-4-11(15)12(16)6-9/h1-6,18H,7,17H2. The van der Waals surface area contributed by atoms with Gasteiger partial charge < -0.3 is 5.73 Å². The maximum atomic E-state index is 13.1. The highest BCUT2D eigenvalue weighted by Crippen LogP contribution is 2.26. The highest BCUT2D eigenvalue weighted by atomic mass is 79.9. The van der Waals surface area contributed by atoms with Crippen LogP contribution in [0, 0.1) is 11.6 Å². The molecule has 8 heteroatoms. The molecule has 0 saturated carbocycles. The molecule has 3 N–H and O–H groups in total. The maximum Gasteiger partial charge on any atom is 0.263 e. The molecule has 0 aliphatic carbocycles. The summed E-state index contributed by atoms with van der Waals surface area (Å²) in [6.07, 6.45) is 0. The highest BCUT2D eigenvalue weighted by molar-refractivity contribution is 9.10. The molecule has 0 radical (unpaired) electrons. The van der Waals surface area contributed by atoms with Gasteiger partial charge in [0.1, 0.15) is 4.90 Å². The number of sulfonamides is 1. The van der Waals surface area contributed by atoms with Gasteiger partial charge in [-0.1, -0.05) is 6.07 Å². The van der Waals surface area contributed by atoms with Crippen LogP contribution in [0.15, 0.2) is 45.8 Å². The van der Waals surface area contributed by atoms with Crippen molar-refractivity contribution in [2.24, 2.45) is 5.73 Å². The number of benzene rings is 2. The van der Waals surface area contributed by atoms with E-state index in [0.717, 1.165) is 18.2 Å². The fourth-order valence-electron chi connectivity index (χ4n) is 1.65. The van der Waals surface area contributed by atoms with Crippen LogP contribution in [-0.2, 0) is 16.6 Å². The molecule has 0 amide bonds. The van der Waals surface area contributed by atoms with Crippen LogP contribution in [0.3, 0.4) is 0 Å². The first-order chi connectivity index (χ1) is 9.83. The van der Waals surface area contributed by atoms with E-state index in [1.807, 2.05) is 0 Å². The molecule has 0 unspecified atom stereocenters. The van der Waals surface area contributed by atoms with Crippen LogP contribution in [0.5, 0.6) is 0 Å². The first-order valence-electron chi connectivity index (χ1n) is 5.80. The van der Waals surface area contributed by atoms with Crippen LogP contribution in [0.2, 0.25) is 0 Å². The molecule has 0 aliphatic rings. The minimum atomic E-state index is -3.95. The van der Waals surface area contributed by atoms with E-state index < -0.39 is 21.7 Å². The molecule has 0 bridgehead atoms. The molecule has 2 aromatic rings. The molecule has 0 saturated heterocycles. The Kier molecular flexibility index (Phi) is 4.60. The van der Waals surface area contributed by atoms with E-state index in [1.54, 1.807) is 12.1 Å². The lowest BCUT2D eigenvalue weighted by Crippen LogP contribution is -2.14. The third-order valence-corrected chi connectivity index (χ3v) is 5.07. The lowest BCUT2D eigenvalue weighted by atomic mass is 10.2. The van der Waals surface area contributed by atoms with Gasteiger partial charge in [0.05, 0.1) is 5.69 Å². The van der Waals surface area contributed by atoms with Gasteiger partial charge in [0.15, 0.2) is 11.6 Å². The van der Waals surface area contributed by atoms with E-state index in [9.17, 15) is 17.2 Å². The molecular formula is C13H11BrF2N2O2S.